The molecule has 2 heterocycles. The van der Waals surface area contributed by atoms with Gasteiger partial charge in [-0.3, -0.25) is 0 Å². The molecule has 26 heavy (non-hydrogen) atoms. The van der Waals surface area contributed by atoms with Gasteiger partial charge in [-0.25, -0.2) is 5.06 Å². The van der Waals surface area contributed by atoms with E-state index in [0.29, 0.717) is 0 Å². The SMILES string of the molecule is CCN(CC)c1c(C)cc2n1C=C(C)N(Oc1c(C)cc(C)cc1C)C2. The summed E-state index contributed by atoms with van der Waals surface area (Å²) in [4.78, 5) is 8.75. The molecule has 140 valence electrons. The molecule has 4 heteroatoms. The van der Waals surface area contributed by atoms with E-state index in [0.717, 1.165) is 31.1 Å². The molecule has 0 radical (unpaired) electrons. The lowest BCUT2D eigenvalue weighted by Crippen LogP contribution is -2.31. The van der Waals surface area contributed by atoms with E-state index in [2.05, 4.69) is 82.3 Å². The largest absolute Gasteiger partial charge is 0.379 e. The Balaban J connectivity index is 1.93. The van der Waals surface area contributed by atoms with Crippen molar-refractivity contribution in [1.29, 1.82) is 0 Å². The summed E-state index contributed by atoms with van der Waals surface area (Å²) >= 11 is 0. The van der Waals surface area contributed by atoms with Crippen LogP contribution in [0.5, 0.6) is 5.75 Å². The molecule has 4 nitrogen and oxygen atoms in total. The minimum atomic E-state index is 0.747. The van der Waals surface area contributed by atoms with Crippen LogP contribution < -0.4 is 9.74 Å². The summed E-state index contributed by atoms with van der Waals surface area (Å²) < 4.78 is 2.33. The Bertz CT molecular complexity index is 820. The van der Waals surface area contributed by atoms with Crippen LogP contribution in [-0.2, 0) is 6.54 Å². The maximum absolute atomic E-state index is 6.34. The number of allylic oxidation sites excluding steroid dienone is 1. The van der Waals surface area contributed by atoms with Gasteiger partial charge >= 0.3 is 0 Å². The number of hydroxylamine groups is 2. The van der Waals surface area contributed by atoms with Gasteiger partial charge in [-0.05, 0) is 71.2 Å². The van der Waals surface area contributed by atoms with Gasteiger partial charge in [0.05, 0.1) is 12.2 Å². The van der Waals surface area contributed by atoms with Crippen molar-refractivity contribution < 1.29 is 4.84 Å². The van der Waals surface area contributed by atoms with Gasteiger partial charge in [0.15, 0.2) is 5.75 Å². The van der Waals surface area contributed by atoms with Crippen LogP contribution in [0.2, 0.25) is 0 Å². The molecule has 0 unspecified atom stereocenters. The van der Waals surface area contributed by atoms with Crippen LogP contribution in [0.1, 0.15) is 48.7 Å². The summed E-state index contributed by atoms with van der Waals surface area (Å²) in [5.41, 5.74) is 7.31. The standard InChI is InChI=1S/C22H31N3O/c1-8-23(9-2)22-18(6)12-20-14-25(19(7)13-24(20)22)26-21-16(4)10-15(3)11-17(21)5/h10-13H,8-9,14H2,1-7H3. The Hall–Kier alpha value is -2.36. The topological polar surface area (TPSA) is 20.6 Å². The molecule has 0 bridgehead atoms. The third-order valence-electron chi connectivity index (χ3n) is 5.16. The van der Waals surface area contributed by atoms with Crippen molar-refractivity contribution in [3.63, 3.8) is 0 Å². The van der Waals surface area contributed by atoms with Crippen LogP contribution in [0.4, 0.5) is 5.82 Å². The van der Waals surface area contributed by atoms with Gasteiger partial charge in [0, 0.05) is 25.0 Å². The Morgan fingerprint density at radius 1 is 0.923 bits per heavy atom. The zero-order valence-electron chi connectivity index (χ0n) is 17.2. The maximum Gasteiger partial charge on any atom is 0.161 e. The van der Waals surface area contributed by atoms with Crippen molar-refractivity contribution in [3.05, 3.63) is 51.8 Å². The summed E-state index contributed by atoms with van der Waals surface area (Å²) in [6.07, 6.45) is 2.19. The third-order valence-corrected chi connectivity index (χ3v) is 5.16. The molecule has 0 saturated heterocycles. The Morgan fingerprint density at radius 2 is 1.54 bits per heavy atom. The second-order valence-corrected chi connectivity index (χ2v) is 7.31. The highest BCUT2D eigenvalue weighted by Gasteiger charge is 2.24. The first-order valence-corrected chi connectivity index (χ1v) is 9.53. The van der Waals surface area contributed by atoms with Gasteiger partial charge in [0.2, 0.25) is 0 Å². The fourth-order valence-corrected chi connectivity index (χ4v) is 3.95. The molecule has 0 spiro atoms. The zero-order chi connectivity index (χ0) is 19.0. The number of hydrogen-bond donors (Lipinski definition) is 0. The highest BCUT2D eigenvalue weighted by molar-refractivity contribution is 5.58. The fraction of sp³-hybridized carbons (Fsp3) is 0.455. The van der Waals surface area contributed by atoms with Crippen LogP contribution >= 0.6 is 0 Å². The van der Waals surface area contributed by atoms with E-state index in [1.807, 2.05) is 5.06 Å². The Morgan fingerprint density at radius 3 is 2.12 bits per heavy atom. The summed E-state index contributed by atoms with van der Waals surface area (Å²) in [6, 6.07) is 6.63. The molecule has 0 saturated carbocycles. The fourth-order valence-electron chi connectivity index (χ4n) is 3.95. The highest BCUT2D eigenvalue weighted by atomic mass is 16.7. The van der Waals surface area contributed by atoms with E-state index in [1.165, 1.54) is 33.8 Å². The molecular weight excluding hydrogens is 322 g/mol. The van der Waals surface area contributed by atoms with E-state index in [1.54, 1.807) is 0 Å². The van der Waals surface area contributed by atoms with E-state index in [-0.39, 0.29) is 0 Å². The molecule has 1 aliphatic heterocycles. The van der Waals surface area contributed by atoms with E-state index < -0.39 is 0 Å². The second-order valence-electron chi connectivity index (χ2n) is 7.31. The van der Waals surface area contributed by atoms with E-state index in [4.69, 9.17) is 4.84 Å². The van der Waals surface area contributed by atoms with Gasteiger partial charge in [-0.15, -0.1) is 0 Å². The Labute approximate surface area is 157 Å². The summed E-state index contributed by atoms with van der Waals surface area (Å²) in [6.45, 7) is 17.8. The predicted molar refractivity (Wildman–Crippen MR) is 110 cm³/mol. The molecule has 1 aromatic heterocycles. The normalized spacial score (nSPS) is 13.5. The molecule has 2 aromatic rings. The van der Waals surface area contributed by atoms with Gasteiger partial charge in [0.1, 0.15) is 5.82 Å². The maximum atomic E-state index is 6.34. The smallest absolute Gasteiger partial charge is 0.161 e. The number of aryl methyl sites for hydroxylation is 4. The van der Waals surface area contributed by atoms with Crippen molar-refractivity contribution in [2.24, 2.45) is 0 Å². The average Bonchev–Trinajstić information content (AvgIpc) is 2.88. The number of aromatic nitrogens is 1. The molecule has 0 fully saturated rings. The molecule has 3 rings (SSSR count). The minimum absolute atomic E-state index is 0.747. The van der Waals surface area contributed by atoms with Gasteiger partial charge < -0.3 is 14.3 Å². The second kappa shape index (κ2) is 7.10. The summed E-state index contributed by atoms with van der Waals surface area (Å²) in [7, 11) is 0. The van der Waals surface area contributed by atoms with E-state index in [9.17, 15) is 0 Å². The number of hydrogen-bond acceptors (Lipinski definition) is 3. The first-order valence-electron chi connectivity index (χ1n) is 9.53. The predicted octanol–water partition coefficient (Wildman–Crippen LogP) is 5.20. The third kappa shape index (κ3) is 3.20. The Kier molecular flexibility index (Phi) is 5.03. The van der Waals surface area contributed by atoms with Crippen molar-refractivity contribution in [3.8, 4) is 5.75 Å². The number of fused-ring (bicyclic) bond motifs is 1. The monoisotopic (exact) mass is 353 g/mol. The quantitative estimate of drug-likeness (QED) is 0.737. The van der Waals surface area contributed by atoms with Crippen LogP contribution in [-0.4, -0.2) is 22.7 Å². The van der Waals surface area contributed by atoms with Gasteiger partial charge in [-0.1, -0.05) is 17.7 Å². The lowest BCUT2D eigenvalue weighted by atomic mass is 10.1. The number of nitrogens with zero attached hydrogens (tertiary/aromatic N) is 3. The molecule has 1 aromatic carbocycles. The first kappa shape index (κ1) is 18.4. The first-order chi connectivity index (χ1) is 12.3. The molecule has 1 aliphatic rings. The zero-order valence-corrected chi connectivity index (χ0v) is 17.2. The van der Waals surface area contributed by atoms with Gasteiger partial charge in [-0.2, -0.15) is 0 Å². The van der Waals surface area contributed by atoms with Crippen LogP contribution in [0.25, 0.3) is 6.20 Å². The van der Waals surface area contributed by atoms with Crippen LogP contribution in [0.3, 0.4) is 0 Å². The molecule has 0 atom stereocenters. The highest BCUT2D eigenvalue weighted by Crippen LogP contribution is 2.33. The van der Waals surface area contributed by atoms with Crippen molar-refractivity contribution in [2.75, 3.05) is 18.0 Å². The minimum Gasteiger partial charge on any atom is -0.379 e. The lowest BCUT2D eigenvalue weighted by Gasteiger charge is -2.32. The van der Waals surface area contributed by atoms with Crippen LogP contribution in [0.15, 0.2) is 23.9 Å². The molecular formula is C22H31N3O. The van der Waals surface area contributed by atoms with Crippen LogP contribution in [0, 0.1) is 27.7 Å². The number of benzene rings is 1. The lowest BCUT2D eigenvalue weighted by molar-refractivity contribution is -0.0348. The summed E-state index contributed by atoms with van der Waals surface area (Å²) in [5, 5.41) is 2.01. The average molecular weight is 354 g/mol. The van der Waals surface area contributed by atoms with Gasteiger partial charge in [0.25, 0.3) is 0 Å². The molecule has 0 N–H and O–H groups in total. The summed E-state index contributed by atoms with van der Waals surface area (Å²) in [5.74, 6) is 2.26. The molecule has 0 amide bonds. The van der Waals surface area contributed by atoms with Crippen molar-refractivity contribution in [1.82, 2.24) is 9.63 Å². The number of rotatable bonds is 5. The number of anilines is 1. The van der Waals surface area contributed by atoms with E-state index >= 15 is 0 Å². The van der Waals surface area contributed by atoms with Crippen molar-refractivity contribution in [2.45, 2.75) is 55.0 Å². The van der Waals surface area contributed by atoms with Crippen molar-refractivity contribution >= 4 is 12.0 Å². The molecule has 0 aliphatic carbocycles.